The van der Waals surface area contributed by atoms with Gasteiger partial charge in [-0.15, -0.1) is 4.99 Å². The van der Waals surface area contributed by atoms with Crippen LogP contribution in [0.5, 0.6) is 0 Å². The maximum atomic E-state index is 12.5. The third-order valence-corrected chi connectivity index (χ3v) is 5.42. The standard InChI is InChI=1S/C21H25FN8O/c1-13(2)21(3,19(23)29-18(31)15-10-28-30(12-15)7-6-22)16-4-5-17(25-11-16)14-8-26-20(24)27-9-14/h4-5,8-13H,6-7H2,1-3H3,(H2,23,29,31)(H2,24,26,27)/p+1/t21-/m0/s1. The van der Waals surface area contributed by atoms with E-state index in [2.05, 4.69) is 25.0 Å². The molecule has 3 rings (SSSR count). The van der Waals surface area contributed by atoms with Crippen LogP contribution in [-0.2, 0) is 12.0 Å². The number of aliphatic imine (C=N–C) groups is 1. The van der Waals surface area contributed by atoms with Crippen molar-refractivity contribution in [3.63, 3.8) is 0 Å². The van der Waals surface area contributed by atoms with E-state index in [1.165, 1.54) is 10.9 Å². The number of nitrogens with two attached hydrogens (primary N) is 1. The van der Waals surface area contributed by atoms with Crippen molar-refractivity contribution in [3.8, 4) is 11.3 Å². The molecule has 0 saturated carbocycles. The zero-order chi connectivity index (χ0) is 22.6. The Morgan fingerprint density at radius 2 is 1.94 bits per heavy atom. The van der Waals surface area contributed by atoms with Crippen LogP contribution >= 0.6 is 0 Å². The van der Waals surface area contributed by atoms with Crippen molar-refractivity contribution < 1.29 is 9.50 Å². The van der Waals surface area contributed by atoms with Crippen LogP contribution < -0.4 is 5.73 Å². The topological polar surface area (TPSA) is 142 Å². The minimum absolute atomic E-state index is 0.0123. The van der Waals surface area contributed by atoms with Gasteiger partial charge in [0.05, 0.1) is 23.9 Å². The Morgan fingerprint density at radius 1 is 1.23 bits per heavy atom. The number of anilines is 1. The molecule has 5 N–H and O–H groups in total. The van der Waals surface area contributed by atoms with Crippen LogP contribution in [0.3, 0.4) is 0 Å². The highest BCUT2D eigenvalue weighted by molar-refractivity contribution is 6.04. The normalized spacial score (nSPS) is 13.9. The zero-order valence-corrected chi connectivity index (χ0v) is 17.7. The summed E-state index contributed by atoms with van der Waals surface area (Å²) < 4.78 is 13.9. The van der Waals surface area contributed by atoms with Gasteiger partial charge in [-0.2, -0.15) is 5.10 Å². The van der Waals surface area contributed by atoms with Crippen LogP contribution in [0.25, 0.3) is 11.3 Å². The summed E-state index contributed by atoms with van der Waals surface area (Å²) >= 11 is 0. The van der Waals surface area contributed by atoms with E-state index in [-0.39, 0.29) is 30.1 Å². The highest BCUT2D eigenvalue weighted by Crippen LogP contribution is 2.34. The van der Waals surface area contributed by atoms with Crippen LogP contribution in [0, 0.1) is 11.3 Å². The Hall–Kier alpha value is -3.69. The smallest absolute Gasteiger partial charge is 0.369 e. The van der Waals surface area contributed by atoms with Crippen molar-refractivity contribution in [1.82, 2.24) is 24.7 Å². The predicted molar refractivity (Wildman–Crippen MR) is 118 cm³/mol. The number of pyridine rings is 1. The zero-order valence-electron chi connectivity index (χ0n) is 17.7. The number of hydrogen-bond acceptors (Lipinski definition) is 6. The Kier molecular flexibility index (Phi) is 6.38. The van der Waals surface area contributed by atoms with E-state index in [9.17, 15) is 4.39 Å². The first-order valence-corrected chi connectivity index (χ1v) is 9.78. The summed E-state index contributed by atoms with van der Waals surface area (Å²) in [5, 5.41) is 20.9. The maximum Gasteiger partial charge on any atom is 0.369 e. The van der Waals surface area contributed by atoms with Crippen LogP contribution in [0.1, 0.15) is 31.9 Å². The van der Waals surface area contributed by atoms with Crippen molar-refractivity contribution in [2.24, 2.45) is 10.9 Å². The van der Waals surface area contributed by atoms with E-state index in [0.29, 0.717) is 11.3 Å². The lowest BCUT2D eigenvalue weighted by Crippen LogP contribution is -2.37. The molecule has 0 unspecified atom stereocenters. The van der Waals surface area contributed by atoms with Crippen LogP contribution in [0.2, 0.25) is 0 Å². The van der Waals surface area contributed by atoms with Crippen LogP contribution in [0.15, 0.2) is 48.1 Å². The molecule has 3 aromatic heterocycles. The van der Waals surface area contributed by atoms with Crippen molar-refractivity contribution in [3.05, 3.63) is 54.2 Å². The average Bonchev–Trinajstić information content (AvgIpc) is 3.23. The van der Waals surface area contributed by atoms with Crippen LogP contribution in [0.4, 0.5) is 10.3 Å². The highest BCUT2D eigenvalue weighted by Gasteiger charge is 2.37. The van der Waals surface area contributed by atoms with E-state index in [1.54, 1.807) is 24.8 Å². The molecule has 31 heavy (non-hydrogen) atoms. The number of amidine groups is 1. The van der Waals surface area contributed by atoms with Crippen molar-refractivity contribution in [2.75, 3.05) is 12.4 Å². The molecule has 3 aromatic rings. The number of rotatable bonds is 7. The fourth-order valence-corrected chi connectivity index (χ4v) is 3.07. The average molecular weight is 425 g/mol. The molecule has 0 amide bonds. The van der Waals surface area contributed by atoms with E-state index >= 15 is 0 Å². The van der Waals surface area contributed by atoms with Gasteiger partial charge in [-0.05, 0) is 24.5 Å². The predicted octanol–water partition coefficient (Wildman–Crippen LogP) is 2.35. The molecule has 9 nitrogen and oxygen atoms in total. The molecule has 0 radical (unpaired) electrons. The summed E-state index contributed by atoms with van der Waals surface area (Å²) in [4.78, 5) is 16.7. The number of aromatic nitrogens is 5. The molecule has 0 aliphatic rings. The second-order valence-corrected chi connectivity index (χ2v) is 7.61. The van der Waals surface area contributed by atoms with E-state index in [1.807, 2.05) is 32.9 Å². The molecule has 10 heteroatoms. The molecule has 0 saturated heterocycles. The number of hydrogen-bond donors (Lipinski definition) is 2. The molecule has 1 atom stereocenters. The quantitative estimate of drug-likeness (QED) is 0.339. The number of nitrogens with zero attached hydrogens (tertiary/aromatic N) is 6. The SMILES string of the molecule is CC(C)[C@](C)(C(=N)N=C([OH2+])c1cnn(CCF)c1)c1ccc(-c2cnc(N)nc2)nc1. The van der Waals surface area contributed by atoms with Crippen molar-refractivity contribution in [2.45, 2.75) is 32.7 Å². The van der Waals surface area contributed by atoms with E-state index < -0.39 is 12.1 Å². The molecule has 0 fully saturated rings. The second-order valence-electron chi connectivity index (χ2n) is 7.61. The lowest BCUT2D eigenvalue weighted by atomic mass is 9.73. The summed E-state index contributed by atoms with van der Waals surface area (Å²) in [6.07, 6.45) is 7.92. The summed E-state index contributed by atoms with van der Waals surface area (Å²) in [6.45, 7) is 5.47. The molecule has 0 spiro atoms. The van der Waals surface area contributed by atoms with Crippen LogP contribution in [-0.4, -0.2) is 48.2 Å². The first kappa shape index (κ1) is 22.0. The highest BCUT2D eigenvalue weighted by atomic mass is 19.1. The lowest BCUT2D eigenvalue weighted by Gasteiger charge is -2.32. The Labute approximate surface area is 179 Å². The molecule has 162 valence electrons. The largest absolute Gasteiger partial charge is 0.578 e. The van der Waals surface area contributed by atoms with Gasteiger partial charge in [0.2, 0.25) is 5.95 Å². The van der Waals surface area contributed by atoms with Gasteiger partial charge >= 0.3 is 5.90 Å². The molecule has 0 aliphatic heterocycles. The van der Waals surface area contributed by atoms with Gasteiger partial charge in [-0.1, -0.05) is 19.9 Å². The van der Waals surface area contributed by atoms with Gasteiger partial charge in [0.25, 0.3) is 0 Å². The Morgan fingerprint density at radius 3 is 2.52 bits per heavy atom. The summed E-state index contributed by atoms with van der Waals surface area (Å²) in [5.74, 6) is 0.153. The van der Waals surface area contributed by atoms with Gasteiger partial charge in [-0.3, -0.25) is 15.1 Å². The van der Waals surface area contributed by atoms with Gasteiger partial charge < -0.3 is 10.8 Å². The molecular formula is C21H26FN8O+. The van der Waals surface area contributed by atoms with Crippen molar-refractivity contribution in [1.29, 1.82) is 5.41 Å². The Bertz CT molecular complexity index is 1080. The van der Waals surface area contributed by atoms with Crippen molar-refractivity contribution >= 4 is 17.7 Å². The van der Waals surface area contributed by atoms with Gasteiger partial charge in [-0.25, -0.2) is 14.4 Å². The first-order chi connectivity index (χ1) is 14.8. The first-order valence-electron chi connectivity index (χ1n) is 9.78. The molecule has 0 aromatic carbocycles. The number of aryl methyl sites for hydroxylation is 1. The fraction of sp³-hybridized carbons (Fsp3) is 0.333. The lowest BCUT2D eigenvalue weighted by molar-refractivity contribution is 0.427. The number of halogens is 1. The fourth-order valence-electron chi connectivity index (χ4n) is 3.07. The third kappa shape index (κ3) is 4.57. The summed E-state index contributed by atoms with van der Waals surface area (Å²) in [7, 11) is 0. The summed E-state index contributed by atoms with van der Waals surface area (Å²) in [6, 6.07) is 3.73. The molecule has 0 aliphatic carbocycles. The van der Waals surface area contributed by atoms with Gasteiger partial charge in [0, 0.05) is 30.4 Å². The maximum absolute atomic E-state index is 12.5. The van der Waals surface area contributed by atoms with Gasteiger partial charge in [0.15, 0.2) is 0 Å². The minimum Gasteiger partial charge on any atom is -0.578 e. The van der Waals surface area contributed by atoms with Gasteiger partial charge in [0.1, 0.15) is 18.1 Å². The monoisotopic (exact) mass is 425 g/mol. The summed E-state index contributed by atoms with van der Waals surface area (Å²) in [5.41, 5.74) is 7.42. The molecule has 3 heterocycles. The minimum atomic E-state index is -0.773. The van der Waals surface area contributed by atoms with E-state index in [0.717, 1.165) is 11.1 Å². The second kappa shape index (κ2) is 8.99. The number of nitrogen functional groups attached to an aromatic ring is 1. The molecule has 0 bridgehead atoms. The molecular weight excluding hydrogens is 399 g/mol. The van der Waals surface area contributed by atoms with E-state index in [4.69, 9.17) is 16.2 Å². The number of alkyl halides is 1. The number of nitrogens with one attached hydrogen (secondary N) is 1. The third-order valence-electron chi connectivity index (χ3n) is 5.42. The Balaban J connectivity index is 1.89.